The normalized spacial score (nSPS) is 10.5. The quantitative estimate of drug-likeness (QED) is 0.554. The van der Waals surface area contributed by atoms with Crippen LogP contribution < -0.4 is 10.6 Å². The second-order valence-corrected chi connectivity index (χ2v) is 4.14. The van der Waals surface area contributed by atoms with Crippen molar-refractivity contribution >= 4 is 23.8 Å². The van der Waals surface area contributed by atoms with Gasteiger partial charge in [-0.25, -0.2) is 14.0 Å². The Morgan fingerprint density at radius 1 is 1.40 bits per heavy atom. The van der Waals surface area contributed by atoms with Gasteiger partial charge in [0.05, 0.1) is 0 Å². The number of amides is 2. The number of hydrogen-bond donors (Lipinski definition) is 3. The second kappa shape index (κ2) is 7.93. The van der Waals surface area contributed by atoms with E-state index in [1.807, 2.05) is 6.92 Å². The summed E-state index contributed by atoms with van der Waals surface area (Å²) in [5.41, 5.74) is 0.490. The summed E-state index contributed by atoms with van der Waals surface area (Å²) in [6.45, 7) is 2.58. The van der Waals surface area contributed by atoms with Crippen molar-refractivity contribution in [3.05, 3.63) is 35.7 Å². The molecule has 0 bridgehead atoms. The number of carbonyl (C=O) groups excluding carboxylic acids is 1. The van der Waals surface area contributed by atoms with E-state index in [0.29, 0.717) is 12.2 Å². The number of nitrogens with one attached hydrogen (secondary N) is 2. The van der Waals surface area contributed by atoms with Crippen LogP contribution in [0.2, 0.25) is 0 Å². The van der Waals surface area contributed by atoms with Gasteiger partial charge < -0.3 is 15.7 Å². The number of aliphatic carboxylic acids is 1. The van der Waals surface area contributed by atoms with Crippen LogP contribution in [0.1, 0.15) is 25.3 Å². The highest BCUT2D eigenvalue weighted by Crippen LogP contribution is 2.16. The SMILES string of the molecule is CCCCNC(=O)Nc1ccc(F)c(/C=C/C(=O)O)c1. The molecule has 0 spiro atoms. The first-order chi connectivity index (χ1) is 9.52. The van der Waals surface area contributed by atoms with E-state index in [2.05, 4.69) is 10.6 Å². The number of unbranched alkanes of at least 4 members (excludes halogenated alkanes) is 1. The number of hydrogen-bond acceptors (Lipinski definition) is 2. The predicted octanol–water partition coefficient (Wildman–Crippen LogP) is 2.85. The zero-order chi connectivity index (χ0) is 15.0. The fraction of sp³-hybridized carbons (Fsp3) is 0.286. The average Bonchev–Trinajstić information content (AvgIpc) is 2.39. The second-order valence-electron chi connectivity index (χ2n) is 4.14. The Bertz CT molecular complexity index is 515. The highest BCUT2D eigenvalue weighted by molar-refractivity contribution is 5.90. The van der Waals surface area contributed by atoms with Crippen LogP contribution in [-0.4, -0.2) is 23.7 Å². The number of benzene rings is 1. The van der Waals surface area contributed by atoms with Gasteiger partial charge >= 0.3 is 12.0 Å². The zero-order valence-electron chi connectivity index (χ0n) is 11.1. The molecule has 6 heteroatoms. The Balaban J connectivity index is 2.69. The Labute approximate surface area is 116 Å². The summed E-state index contributed by atoms with van der Waals surface area (Å²) in [6.07, 6.45) is 3.83. The van der Waals surface area contributed by atoms with Gasteiger partial charge in [0.25, 0.3) is 0 Å². The third-order valence-corrected chi connectivity index (χ3v) is 2.48. The molecule has 108 valence electrons. The van der Waals surface area contributed by atoms with Gasteiger partial charge in [0.15, 0.2) is 0 Å². The van der Waals surface area contributed by atoms with E-state index in [1.165, 1.54) is 18.2 Å². The van der Waals surface area contributed by atoms with Crippen LogP contribution in [0.3, 0.4) is 0 Å². The van der Waals surface area contributed by atoms with Crippen molar-refractivity contribution in [3.63, 3.8) is 0 Å². The maximum atomic E-state index is 13.4. The molecule has 0 aliphatic heterocycles. The summed E-state index contributed by atoms with van der Waals surface area (Å²) < 4.78 is 13.4. The summed E-state index contributed by atoms with van der Waals surface area (Å²) in [6, 6.07) is 3.57. The molecule has 0 radical (unpaired) electrons. The molecule has 0 saturated carbocycles. The Morgan fingerprint density at radius 3 is 2.80 bits per heavy atom. The molecular formula is C14H17FN2O3. The van der Waals surface area contributed by atoms with Crippen molar-refractivity contribution in [2.24, 2.45) is 0 Å². The van der Waals surface area contributed by atoms with Gasteiger partial charge in [0.2, 0.25) is 0 Å². The molecule has 0 unspecified atom stereocenters. The minimum atomic E-state index is -1.17. The zero-order valence-corrected chi connectivity index (χ0v) is 11.1. The molecule has 0 atom stereocenters. The molecule has 3 N–H and O–H groups in total. The van der Waals surface area contributed by atoms with E-state index < -0.39 is 11.8 Å². The summed E-state index contributed by atoms with van der Waals surface area (Å²) in [7, 11) is 0. The minimum Gasteiger partial charge on any atom is -0.478 e. The topological polar surface area (TPSA) is 78.4 Å². The number of urea groups is 1. The van der Waals surface area contributed by atoms with Crippen LogP contribution in [0.4, 0.5) is 14.9 Å². The maximum absolute atomic E-state index is 13.4. The van der Waals surface area contributed by atoms with Gasteiger partial charge in [-0.2, -0.15) is 0 Å². The molecule has 5 nitrogen and oxygen atoms in total. The lowest BCUT2D eigenvalue weighted by Gasteiger charge is -2.08. The maximum Gasteiger partial charge on any atom is 0.328 e. The smallest absolute Gasteiger partial charge is 0.328 e. The molecule has 0 aliphatic rings. The third kappa shape index (κ3) is 5.51. The molecule has 1 aromatic rings. The molecule has 2 amide bonds. The van der Waals surface area contributed by atoms with Crippen LogP contribution >= 0.6 is 0 Å². The Morgan fingerprint density at radius 2 is 2.15 bits per heavy atom. The van der Waals surface area contributed by atoms with Crippen LogP contribution in [0.25, 0.3) is 6.08 Å². The largest absolute Gasteiger partial charge is 0.478 e. The van der Waals surface area contributed by atoms with E-state index >= 15 is 0 Å². The van der Waals surface area contributed by atoms with Crippen LogP contribution in [0.5, 0.6) is 0 Å². The van der Waals surface area contributed by atoms with Gasteiger partial charge in [-0.1, -0.05) is 13.3 Å². The molecule has 20 heavy (non-hydrogen) atoms. The number of rotatable bonds is 6. The van der Waals surface area contributed by atoms with Crippen molar-refractivity contribution in [2.45, 2.75) is 19.8 Å². The fourth-order valence-corrected chi connectivity index (χ4v) is 1.46. The first kappa shape index (κ1) is 15.7. The molecular weight excluding hydrogens is 263 g/mol. The highest BCUT2D eigenvalue weighted by Gasteiger charge is 2.04. The van der Waals surface area contributed by atoms with Crippen molar-refractivity contribution < 1.29 is 19.1 Å². The van der Waals surface area contributed by atoms with E-state index in [1.54, 1.807) is 0 Å². The first-order valence-corrected chi connectivity index (χ1v) is 6.28. The lowest BCUT2D eigenvalue weighted by Crippen LogP contribution is -2.29. The molecule has 1 rings (SSSR count). The number of carboxylic acid groups (broad SMARTS) is 1. The summed E-state index contributed by atoms with van der Waals surface area (Å²) in [5, 5.41) is 13.7. The van der Waals surface area contributed by atoms with Gasteiger partial charge in [0.1, 0.15) is 5.82 Å². The summed E-state index contributed by atoms with van der Waals surface area (Å²) in [5.74, 6) is -1.72. The highest BCUT2D eigenvalue weighted by atomic mass is 19.1. The van der Waals surface area contributed by atoms with Crippen molar-refractivity contribution in [3.8, 4) is 0 Å². The standard InChI is InChI=1S/C14H17FN2O3/c1-2-3-8-16-14(20)17-11-5-6-12(15)10(9-11)4-7-13(18)19/h4-7,9H,2-3,8H2,1H3,(H,18,19)(H2,16,17,20)/b7-4+. The predicted molar refractivity (Wildman–Crippen MR) is 75.0 cm³/mol. The van der Waals surface area contributed by atoms with Crippen molar-refractivity contribution in [2.75, 3.05) is 11.9 Å². The molecule has 1 aromatic carbocycles. The number of carbonyl (C=O) groups is 2. The average molecular weight is 280 g/mol. The lowest BCUT2D eigenvalue weighted by molar-refractivity contribution is -0.131. The van der Waals surface area contributed by atoms with Crippen LogP contribution in [-0.2, 0) is 4.79 Å². The van der Waals surface area contributed by atoms with E-state index in [-0.39, 0.29) is 11.6 Å². The molecule has 0 fully saturated rings. The molecule has 0 aliphatic carbocycles. The number of carboxylic acids is 1. The van der Waals surface area contributed by atoms with E-state index in [4.69, 9.17) is 5.11 Å². The lowest BCUT2D eigenvalue weighted by atomic mass is 10.1. The monoisotopic (exact) mass is 280 g/mol. The summed E-state index contributed by atoms with van der Waals surface area (Å²) >= 11 is 0. The molecule has 0 aromatic heterocycles. The van der Waals surface area contributed by atoms with Crippen LogP contribution in [0.15, 0.2) is 24.3 Å². The van der Waals surface area contributed by atoms with Gasteiger partial charge in [-0.3, -0.25) is 0 Å². The Hall–Kier alpha value is -2.37. The number of halogens is 1. The Kier molecular flexibility index (Phi) is 6.22. The van der Waals surface area contributed by atoms with Gasteiger partial charge in [0, 0.05) is 23.9 Å². The molecule has 0 heterocycles. The number of anilines is 1. The summed E-state index contributed by atoms with van der Waals surface area (Å²) in [4.78, 5) is 21.9. The molecule has 0 saturated heterocycles. The third-order valence-electron chi connectivity index (χ3n) is 2.48. The van der Waals surface area contributed by atoms with Crippen molar-refractivity contribution in [1.82, 2.24) is 5.32 Å². The van der Waals surface area contributed by atoms with Gasteiger partial charge in [-0.15, -0.1) is 0 Å². The fourth-order valence-electron chi connectivity index (χ4n) is 1.46. The van der Waals surface area contributed by atoms with Crippen molar-refractivity contribution in [1.29, 1.82) is 0 Å². The first-order valence-electron chi connectivity index (χ1n) is 6.28. The van der Waals surface area contributed by atoms with Crippen LogP contribution in [0, 0.1) is 5.82 Å². The minimum absolute atomic E-state index is 0.0961. The van der Waals surface area contributed by atoms with E-state index in [9.17, 15) is 14.0 Å². The van der Waals surface area contributed by atoms with E-state index in [0.717, 1.165) is 25.0 Å². The van der Waals surface area contributed by atoms with Gasteiger partial charge in [-0.05, 0) is 30.7 Å².